The molecule has 2 atom stereocenters. The molecule has 1 aromatic heterocycles. The van der Waals surface area contributed by atoms with Gasteiger partial charge in [0.15, 0.2) is 0 Å². The van der Waals surface area contributed by atoms with Crippen LogP contribution in [-0.4, -0.2) is 29.5 Å². The van der Waals surface area contributed by atoms with E-state index in [2.05, 4.69) is 35.2 Å². The van der Waals surface area contributed by atoms with Crippen LogP contribution in [0.15, 0.2) is 48.7 Å². The molecule has 1 fully saturated rings. The van der Waals surface area contributed by atoms with Crippen molar-refractivity contribution < 1.29 is 9.53 Å². The molecule has 1 amide bonds. The first-order chi connectivity index (χ1) is 11.1. The minimum absolute atomic E-state index is 0.0134. The molecule has 2 heterocycles. The minimum atomic E-state index is -0.337. The lowest BCUT2D eigenvalue weighted by molar-refractivity contribution is 0.0258. The number of carbonyl (C=O) groups is 1. The third kappa shape index (κ3) is 3.72. The van der Waals surface area contributed by atoms with Crippen molar-refractivity contribution in [2.75, 3.05) is 18.5 Å². The number of carbonyl (C=O) groups excluding carboxylic acids is 1. The van der Waals surface area contributed by atoms with Gasteiger partial charge in [-0.2, -0.15) is 12.6 Å². The number of anilines is 1. The van der Waals surface area contributed by atoms with E-state index >= 15 is 0 Å². The molecule has 1 aliphatic heterocycles. The van der Waals surface area contributed by atoms with Gasteiger partial charge in [-0.05, 0) is 36.8 Å². The number of pyridine rings is 1. The quantitative estimate of drug-likeness (QED) is 0.757. The molecule has 0 spiro atoms. The fraction of sp³-hybridized carbons (Fsp3) is 0.294. The maximum Gasteiger partial charge on any atom is 0.274 e. The Morgan fingerprint density at radius 2 is 2.26 bits per heavy atom. The summed E-state index contributed by atoms with van der Waals surface area (Å²) in [6, 6.07) is 13.0. The van der Waals surface area contributed by atoms with Crippen LogP contribution in [-0.2, 0) is 10.3 Å². The first-order valence-corrected chi connectivity index (χ1v) is 7.95. The molecule has 0 saturated carbocycles. The topological polar surface area (TPSA) is 63.2 Å². The summed E-state index contributed by atoms with van der Waals surface area (Å²) < 4.78 is 5.61. The molecule has 0 radical (unpaired) electrons. The van der Waals surface area contributed by atoms with Crippen molar-refractivity contribution in [1.82, 2.24) is 10.3 Å². The number of benzene rings is 1. The summed E-state index contributed by atoms with van der Waals surface area (Å²) in [6.07, 6.45) is 1.60. The highest BCUT2D eigenvalue weighted by atomic mass is 32.1. The van der Waals surface area contributed by atoms with Gasteiger partial charge in [-0.1, -0.05) is 18.2 Å². The van der Waals surface area contributed by atoms with Crippen LogP contribution in [0.5, 0.6) is 0 Å². The maximum absolute atomic E-state index is 12.2. The Bertz CT molecular complexity index is 695. The maximum atomic E-state index is 12.2. The van der Waals surface area contributed by atoms with Gasteiger partial charge in [-0.15, -0.1) is 0 Å². The number of amides is 1. The van der Waals surface area contributed by atoms with Crippen molar-refractivity contribution in [2.45, 2.75) is 17.8 Å². The highest BCUT2D eigenvalue weighted by molar-refractivity contribution is 7.80. The summed E-state index contributed by atoms with van der Waals surface area (Å²) in [5, 5.41) is 6.30. The zero-order chi connectivity index (χ0) is 16.3. The van der Waals surface area contributed by atoms with Crippen LogP contribution in [0.25, 0.3) is 0 Å². The number of morpholine rings is 1. The molecule has 0 bridgehead atoms. The Morgan fingerprint density at radius 1 is 1.39 bits per heavy atom. The van der Waals surface area contributed by atoms with E-state index in [0.717, 1.165) is 11.3 Å². The van der Waals surface area contributed by atoms with Gasteiger partial charge in [0, 0.05) is 11.9 Å². The Hall–Kier alpha value is -1.89. The fourth-order valence-electron chi connectivity index (χ4n) is 2.62. The van der Waals surface area contributed by atoms with Gasteiger partial charge in [0.05, 0.1) is 24.1 Å². The van der Waals surface area contributed by atoms with E-state index in [9.17, 15) is 4.79 Å². The predicted molar refractivity (Wildman–Crippen MR) is 92.7 cm³/mol. The molecule has 2 unspecified atom stereocenters. The molecule has 23 heavy (non-hydrogen) atoms. The molecule has 2 N–H and O–H groups in total. The fourth-order valence-corrected chi connectivity index (χ4v) is 3.02. The SMILES string of the molecule is CC1(c2cccc(NC(=O)c3ccccn3)c2)COCC(S)N1. The van der Waals surface area contributed by atoms with Gasteiger partial charge in [0.2, 0.25) is 0 Å². The lowest BCUT2D eigenvalue weighted by Crippen LogP contribution is -2.53. The number of nitrogens with one attached hydrogen (secondary N) is 2. The van der Waals surface area contributed by atoms with Crippen molar-refractivity contribution >= 4 is 24.2 Å². The average Bonchev–Trinajstić information content (AvgIpc) is 2.56. The van der Waals surface area contributed by atoms with Crippen LogP contribution in [0.1, 0.15) is 23.0 Å². The predicted octanol–water partition coefficient (Wildman–Crippen LogP) is 2.42. The molecular formula is C17H19N3O2S. The molecule has 2 aromatic rings. The normalized spacial score (nSPS) is 24.2. The van der Waals surface area contributed by atoms with E-state index in [1.165, 1.54) is 0 Å². The summed E-state index contributed by atoms with van der Waals surface area (Å²) >= 11 is 4.44. The standard InChI is InChI=1S/C17H19N3O2S/c1-17(11-22-10-15(23)20-17)12-5-4-6-13(9-12)19-16(21)14-7-2-3-8-18-14/h2-9,15,20,23H,10-11H2,1H3,(H,19,21). The van der Waals surface area contributed by atoms with Gasteiger partial charge in [-0.3, -0.25) is 15.1 Å². The average molecular weight is 329 g/mol. The number of ether oxygens (including phenoxy) is 1. The Morgan fingerprint density at radius 3 is 3.00 bits per heavy atom. The molecule has 5 nitrogen and oxygen atoms in total. The lowest BCUT2D eigenvalue weighted by Gasteiger charge is -2.38. The molecule has 1 aliphatic rings. The number of aromatic nitrogens is 1. The highest BCUT2D eigenvalue weighted by Crippen LogP contribution is 2.27. The number of hydrogen-bond acceptors (Lipinski definition) is 5. The Kier molecular flexibility index (Phi) is 4.66. The van der Waals surface area contributed by atoms with Crippen LogP contribution in [0, 0.1) is 0 Å². The largest absolute Gasteiger partial charge is 0.377 e. The van der Waals surface area contributed by atoms with Crippen molar-refractivity contribution in [3.63, 3.8) is 0 Å². The van der Waals surface area contributed by atoms with E-state index in [0.29, 0.717) is 18.9 Å². The van der Waals surface area contributed by atoms with Crippen LogP contribution >= 0.6 is 12.6 Å². The Labute approximate surface area is 140 Å². The molecule has 1 aromatic carbocycles. The monoisotopic (exact) mass is 329 g/mol. The van der Waals surface area contributed by atoms with Crippen LogP contribution < -0.4 is 10.6 Å². The molecular weight excluding hydrogens is 310 g/mol. The van der Waals surface area contributed by atoms with Crippen LogP contribution in [0.2, 0.25) is 0 Å². The summed E-state index contributed by atoms with van der Waals surface area (Å²) in [4.78, 5) is 16.3. The minimum Gasteiger partial charge on any atom is -0.377 e. The molecule has 6 heteroatoms. The first-order valence-electron chi connectivity index (χ1n) is 7.43. The van der Waals surface area contributed by atoms with Crippen molar-refractivity contribution in [3.05, 3.63) is 59.9 Å². The molecule has 0 aliphatic carbocycles. The molecule has 1 saturated heterocycles. The van der Waals surface area contributed by atoms with Crippen molar-refractivity contribution in [2.24, 2.45) is 0 Å². The van der Waals surface area contributed by atoms with Crippen LogP contribution in [0.4, 0.5) is 5.69 Å². The second-order valence-corrected chi connectivity index (χ2v) is 6.38. The summed E-state index contributed by atoms with van der Waals surface area (Å²) in [5.74, 6) is -0.229. The lowest BCUT2D eigenvalue weighted by atomic mass is 9.91. The van der Waals surface area contributed by atoms with E-state index in [1.807, 2.05) is 24.3 Å². The second kappa shape index (κ2) is 6.70. The molecule has 120 valence electrons. The van der Waals surface area contributed by atoms with E-state index < -0.39 is 0 Å². The second-order valence-electron chi connectivity index (χ2n) is 5.76. The van der Waals surface area contributed by atoms with Crippen molar-refractivity contribution in [1.29, 1.82) is 0 Å². The third-order valence-electron chi connectivity index (χ3n) is 3.81. The number of nitrogens with zero attached hydrogens (tertiary/aromatic N) is 1. The van der Waals surface area contributed by atoms with Crippen molar-refractivity contribution in [3.8, 4) is 0 Å². The van der Waals surface area contributed by atoms with Gasteiger partial charge in [0.25, 0.3) is 5.91 Å². The summed E-state index contributed by atoms with van der Waals surface area (Å²) in [5.41, 5.74) is 1.81. The van der Waals surface area contributed by atoms with E-state index in [1.54, 1.807) is 24.4 Å². The number of hydrogen-bond donors (Lipinski definition) is 3. The van der Waals surface area contributed by atoms with E-state index in [-0.39, 0.29) is 16.8 Å². The van der Waals surface area contributed by atoms with Gasteiger partial charge in [-0.25, -0.2) is 0 Å². The number of thiol groups is 1. The van der Waals surface area contributed by atoms with Crippen LogP contribution in [0.3, 0.4) is 0 Å². The first kappa shape index (κ1) is 16.0. The van der Waals surface area contributed by atoms with E-state index in [4.69, 9.17) is 4.74 Å². The Balaban J connectivity index is 1.79. The molecule has 3 rings (SSSR count). The summed E-state index contributed by atoms with van der Waals surface area (Å²) in [6.45, 7) is 3.20. The zero-order valence-electron chi connectivity index (χ0n) is 12.8. The smallest absolute Gasteiger partial charge is 0.274 e. The van der Waals surface area contributed by atoms with Gasteiger partial charge >= 0.3 is 0 Å². The highest BCUT2D eigenvalue weighted by Gasteiger charge is 2.32. The summed E-state index contributed by atoms with van der Waals surface area (Å²) in [7, 11) is 0. The zero-order valence-corrected chi connectivity index (χ0v) is 13.7. The van der Waals surface area contributed by atoms with Gasteiger partial charge in [0.1, 0.15) is 5.69 Å². The number of rotatable bonds is 3. The third-order valence-corrected chi connectivity index (χ3v) is 4.08. The van der Waals surface area contributed by atoms with Gasteiger partial charge < -0.3 is 10.1 Å².